The average molecular weight is 483 g/mol. The van der Waals surface area contributed by atoms with Gasteiger partial charge in [0, 0.05) is 0 Å². The Morgan fingerprint density at radius 2 is 0.643 bits per heavy atom. The Hall–Kier alpha value is -0.200. The molecular formula is C16H34O8S4. The molecule has 0 rings (SSSR count). The predicted octanol–water partition coefficient (Wildman–Crippen LogP) is 2.41. The lowest BCUT2D eigenvalue weighted by Crippen LogP contribution is -2.26. The summed E-state index contributed by atoms with van der Waals surface area (Å²) in [7, 11) is -16.5. The summed E-state index contributed by atoms with van der Waals surface area (Å²) in [5.74, 6) is -0.731. The highest BCUT2D eigenvalue weighted by Crippen LogP contribution is 2.16. The summed E-state index contributed by atoms with van der Waals surface area (Å²) in [5, 5.41) is -1.89. The first-order valence-corrected chi connectivity index (χ1v) is 17.0. The third kappa shape index (κ3) is 7.91. The molecule has 0 aromatic heterocycles. The maximum atomic E-state index is 11.8. The zero-order chi connectivity index (χ0) is 22.2. The van der Waals surface area contributed by atoms with Gasteiger partial charge in [-0.1, -0.05) is 38.5 Å². The Kier molecular flexibility index (Phi) is 11.2. The quantitative estimate of drug-likeness (QED) is 0.256. The molecule has 0 aliphatic carbocycles. The van der Waals surface area contributed by atoms with Crippen molar-refractivity contribution in [3.8, 4) is 0 Å². The van der Waals surface area contributed by atoms with E-state index in [4.69, 9.17) is 0 Å². The Morgan fingerprint density at radius 1 is 0.429 bits per heavy atom. The molecule has 0 spiro atoms. The first-order valence-electron chi connectivity index (χ1n) is 9.52. The molecule has 0 aliphatic rings. The van der Waals surface area contributed by atoms with Crippen LogP contribution in [-0.4, -0.2) is 55.7 Å². The molecule has 28 heavy (non-hydrogen) atoms. The third-order valence-corrected chi connectivity index (χ3v) is 17.3. The van der Waals surface area contributed by atoms with E-state index >= 15 is 0 Å². The van der Waals surface area contributed by atoms with Crippen LogP contribution in [-0.2, 0) is 35.5 Å². The van der Waals surface area contributed by atoms with Crippen LogP contribution in [0, 0.1) is 0 Å². The van der Waals surface area contributed by atoms with Gasteiger partial charge in [0.1, 0.15) is 0 Å². The summed E-state index contributed by atoms with van der Waals surface area (Å²) in [6, 6.07) is 0. The van der Waals surface area contributed by atoms with Crippen molar-refractivity contribution in [1.29, 1.82) is 0 Å². The van der Waals surface area contributed by atoms with Gasteiger partial charge >= 0.3 is 0 Å². The van der Waals surface area contributed by atoms with E-state index in [0.717, 1.165) is 25.7 Å². The molecule has 170 valence electrons. The van der Waals surface area contributed by atoms with Crippen molar-refractivity contribution in [2.75, 3.05) is 11.5 Å². The van der Waals surface area contributed by atoms with Crippen molar-refractivity contribution >= 4 is 35.5 Å². The maximum absolute atomic E-state index is 11.8. The van der Waals surface area contributed by atoms with Crippen LogP contribution in [0.4, 0.5) is 0 Å². The Balaban J connectivity index is 3.99. The highest BCUT2D eigenvalue weighted by Gasteiger charge is 2.33. The largest absolute Gasteiger partial charge is 0.255 e. The van der Waals surface area contributed by atoms with Gasteiger partial charge in [-0.25, -0.2) is 33.7 Å². The third-order valence-electron chi connectivity index (χ3n) is 4.40. The van der Waals surface area contributed by atoms with Crippen LogP contribution in [0.2, 0.25) is 0 Å². The lowest BCUT2D eigenvalue weighted by Gasteiger charge is -2.09. The SMILES string of the molecule is CC(C)S(=O)(=O)S(=O)(=O)CCCCCCCCCCS(=O)(=O)S(=O)(=O)C(C)C. The number of hydrogen-bond donors (Lipinski definition) is 0. The maximum Gasteiger partial charge on any atom is 0.255 e. The van der Waals surface area contributed by atoms with Gasteiger partial charge in [-0.15, -0.1) is 0 Å². The monoisotopic (exact) mass is 482 g/mol. The van der Waals surface area contributed by atoms with E-state index in [2.05, 4.69) is 0 Å². The van der Waals surface area contributed by atoms with E-state index in [9.17, 15) is 33.7 Å². The molecule has 0 bridgehead atoms. The molecular weight excluding hydrogens is 448 g/mol. The van der Waals surface area contributed by atoms with Gasteiger partial charge in [-0.05, 0) is 40.5 Å². The number of hydrogen-bond acceptors (Lipinski definition) is 8. The highest BCUT2D eigenvalue weighted by atomic mass is 33.2. The first kappa shape index (κ1) is 27.8. The van der Waals surface area contributed by atoms with Gasteiger partial charge in [0.25, 0.3) is 35.5 Å². The molecule has 0 unspecified atom stereocenters. The fourth-order valence-electron chi connectivity index (χ4n) is 2.44. The summed E-state index contributed by atoms with van der Waals surface area (Å²) in [6.45, 7) is 5.37. The van der Waals surface area contributed by atoms with E-state index < -0.39 is 46.0 Å². The zero-order valence-electron chi connectivity index (χ0n) is 17.1. The lowest BCUT2D eigenvalue weighted by atomic mass is 10.1. The molecule has 0 heterocycles. The van der Waals surface area contributed by atoms with Crippen LogP contribution in [0.5, 0.6) is 0 Å². The minimum atomic E-state index is -4.13. The van der Waals surface area contributed by atoms with Crippen LogP contribution in [0.1, 0.15) is 79.1 Å². The van der Waals surface area contributed by atoms with Crippen molar-refractivity contribution in [1.82, 2.24) is 0 Å². The normalized spacial score (nSPS) is 14.1. The molecule has 0 aromatic rings. The molecule has 0 saturated carbocycles. The molecule has 0 radical (unpaired) electrons. The Morgan fingerprint density at radius 3 is 0.857 bits per heavy atom. The summed E-state index contributed by atoms with van der Waals surface area (Å²) < 4.78 is 94.1. The Bertz CT molecular complexity index is 804. The van der Waals surface area contributed by atoms with Crippen LogP contribution in [0.15, 0.2) is 0 Å². The molecule has 0 atom stereocenters. The van der Waals surface area contributed by atoms with E-state index in [1.807, 2.05) is 0 Å². The topological polar surface area (TPSA) is 137 Å². The summed E-state index contributed by atoms with van der Waals surface area (Å²) in [6.07, 6.45) is 4.97. The highest BCUT2D eigenvalue weighted by molar-refractivity contribution is 8.67. The molecule has 8 nitrogen and oxygen atoms in total. The van der Waals surface area contributed by atoms with Gasteiger partial charge in [0.05, 0.1) is 22.0 Å². The first-order chi connectivity index (χ1) is 12.6. The molecule has 12 heteroatoms. The fraction of sp³-hybridized carbons (Fsp3) is 1.00. The second-order valence-electron chi connectivity index (χ2n) is 7.44. The lowest BCUT2D eigenvalue weighted by molar-refractivity contribution is 0.563. The van der Waals surface area contributed by atoms with Crippen molar-refractivity contribution in [3.05, 3.63) is 0 Å². The minimum Gasteiger partial charge on any atom is -0.213 e. The van der Waals surface area contributed by atoms with E-state index in [1.54, 1.807) is 0 Å². The molecule has 0 fully saturated rings. The van der Waals surface area contributed by atoms with Crippen molar-refractivity contribution in [3.63, 3.8) is 0 Å². The Labute approximate surface area is 170 Å². The summed E-state index contributed by atoms with van der Waals surface area (Å²) in [4.78, 5) is 0. The number of unbranched alkanes of at least 4 members (excludes halogenated alkanes) is 7. The van der Waals surface area contributed by atoms with Crippen LogP contribution < -0.4 is 0 Å². The van der Waals surface area contributed by atoms with Gasteiger partial charge in [-0.2, -0.15) is 0 Å². The zero-order valence-corrected chi connectivity index (χ0v) is 20.4. The fourth-order valence-corrected chi connectivity index (χ4v) is 10.8. The van der Waals surface area contributed by atoms with Crippen LogP contribution in [0.3, 0.4) is 0 Å². The van der Waals surface area contributed by atoms with Crippen LogP contribution in [0.25, 0.3) is 0 Å². The average Bonchev–Trinajstić information content (AvgIpc) is 2.55. The molecule has 0 aromatic carbocycles. The molecule has 0 amide bonds. The summed E-state index contributed by atoms with van der Waals surface area (Å²) >= 11 is 0. The molecule has 0 N–H and O–H groups in total. The standard InChI is InChI=1S/C16H34O8S4/c1-15(2)27(21,22)25(17,18)13-11-9-7-5-6-8-10-12-14-26(19,20)28(23,24)16(3)4/h15-16H,5-14H2,1-4H3. The van der Waals surface area contributed by atoms with Crippen LogP contribution >= 0.6 is 0 Å². The van der Waals surface area contributed by atoms with Gasteiger partial charge in [-0.3, -0.25) is 0 Å². The van der Waals surface area contributed by atoms with E-state index in [1.165, 1.54) is 27.7 Å². The molecule has 0 saturated heterocycles. The van der Waals surface area contributed by atoms with E-state index in [0.29, 0.717) is 25.7 Å². The minimum absolute atomic E-state index is 0.291. The van der Waals surface area contributed by atoms with Gasteiger partial charge in [0.15, 0.2) is 0 Å². The second kappa shape index (κ2) is 11.3. The smallest absolute Gasteiger partial charge is 0.213 e. The molecule has 0 aliphatic heterocycles. The summed E-state index contributed by atoms with van der Waals surface area (Å²) in [5.41, 5.74) is 0. The number of rotatable bonds is 15. The van der Waals surface area contributed by atoms with Gasteiger partial charge in [0.2, 0.25) is 0 Å². The van der Waals surface area contributed by atoms with Crippen molar-refractivity contribution in [2.45, 2.75) is 89.6 Å². The van der Waals surface area contributed by atoms with Crippen molar-refractivity contribution < 1.29 is 33.7 Å². The predicted molar refractivity (Wildman–Crippen MR) is 113 cm³/mol. The van der Waals surface area contributed by atoms with Gasteiger partial charge < -0.3 is 0 Å². The van der Waals surface area contributed by atoms with Crippen molar-refractivity contribution in [2.24, 2.45) is 0 Å². The second-order valence-corrected chi connectivity index (χ2v) is 20.2. The van der Waals surface area contributed by atoms with E-state index in [-0.39, 0.29) is 11.5 Å².